The van der Waals surface area contributed by atoms with Gasteiger partial charge in [0.25, 0.3) is 10.0 Å². The Kier molecular flexibility index (Phi) is 3.63. The number of sulfonamides is 1. The molecule has 0 aliphatic carbocycles. The van der Waals surface area contributed by atoms with E-state index in [1.54, 1.807) is 0 Å². The van der Waals surface area contributed by atoms with Crippen molar-refractivity contribution < 1.29 is 17.2 Å². The van der Waals surface area contributed by atoms with Gasteiger partial charge < -0.3 is 5.73 Å². The summed E-state index contributed by atoms with van der Waals surface area (Å²) in [5, 5.41) is 0. The van der Waals surface area contributed by atoms with Gasteiger partial charge in [-0.1, -0.05) is 6.07 Å². The number of nitrogens with two attached hydrogens (primary N) is 1. The van der Waals surface area contributed by atoms with Crippen LogP contribution in [0.2, 0.25) is 0 Å². The first-order valence-corrected chi connectivity index (χ1v) is 7.06. The molecule has 0 fully saturated rings. The molecule has 0 unspecified atom stereocenters. The van der Waals surface area contributed by atoms with Gasteiger partial charge in [0, 0.05) is 7.05 Å². The van der Waals surface area contributed by atoms with E-state index in [1.807, 2.05) is 0 Å². The predicted octanol–water partition coefficient (Wildman–Crippen LogP) is 2.37. The molecule has 0 amide bonds. The summed E-state index contributed by atoms with van der Waals surface area (Å²) in [6.45, 7) is 0. The number of halogens is 2. The smallest absolute Gasteiger partial charge is 0.266 e. The molecular formula is C13H12F2N2O2S. The van der Waals surface area contributed by atoms with E-state index in [9.17, 15) is 17.2 Å². The SMILES string of the molecule is CN(c1cccc(F)c1)S(=O)(=O)c1cc(F)ccc1N. The van der Waals surface area contributed by atoms with Crippen molar-refractivity contribution in [2.24, 2.45) is 0 Å². The molecule has 0 radical (unpaired) electrons. The third-order valence-electron chi connectivity index (χ3n) is 2.79. The molecule has 0 saturated carbocycles. The Labute approximate surface area is 115 Å². The molecule has 2 N–H and O–H groups in total. The van der Waals surface area contributed by atoms with Crippen LogP contribution in [0.1, 0.15) is 0 Å². The first-order chi connectivity index (χ1) is 9.32. The third-order valence-corrected chi connectivity index (χ3v) is 4.63. The van der Waals surface area contributed by atoms with Crippen LogP contribution in [-0.4, -0.2) is 15.5 Å². The van der Waals surface area contributed by atoms with Gasteiger partial charge >= 0.3 is 0 Å². The van der Waals surface area contributed by atoms with Gasteiger partial charge in [-0.2, -0.15) is 0 Å². The average Bonchev–Trinajstić information content (AvgIpc) is 2.40. The molecule has 0 spiro atoms. The van der Waals surface area contributed by atoms with Gasteiger partial charge in [0.2, 0.25) is 0 Å². The molecular weight excluding hydrogens is 286 g/mol. The summed E-state index contributed by atoms with van der Waals surface area (Å²) in [5.74, 6) is -1.29. The monoisotopic (exact) mass is 298 g/mol. The van der Waals surface area contributed by atoms with Crippen molar-refractivity contribution >= 4 is 21.4 Å². The molecule has 0 aliphatic heterocycles. The first kappa shape index (κ1) is 14.3. The van der Waals surface area contributed by atoms with E-state index < -0.39 is 21.7 Å². The standard InChI is InChI=1S/C13H12F2N2O2S/c1-17(11-4-2-3-9(14)7-11)20(18,19)13-8-10(15)5-6-12(13)16/h2-8H,16H2,1H3. The van der Waals surface area contributed by atoms with Crippen LogP contribution in [0.15, 0.2) is 47.4 Å². The minimum absolute atomic E-state index is 0.0744. The molecule has 0 aliphatic rings. The van der Waals surface area contributed by atoms with Gasteiger partial charge in [0.15, 0.2) is 0 Å². The number of hydrogen-bond acceptors (Lipinski definition) is 3. The van der Waals surface area contributed by atoms with E-state index in [1.165, 1.54) is 31.3 Å². The van der Waals surface area contributed by atoms with Crippen molar-refractivity contribution in [2.75, 3.05) is 17.1 Å². The molecule has 0 saturated heterocycles. The summed E-state index contributed by atoms with van der Waals surface area (Å²) in [4.78, 5) is -0.357. The summed E-state index contributed by atoms with van der Waals surface area (Å²) in [6.07, 6.45) is 0. The van der Waals surface area contributed by atoms with Crippen LogP contribution < -0.4 is 10.0 Å². The van der Waals surface area contributed by atoms with E-state index in [0.29, 0.717) is 0 Å². The van der Waals surface area contributed by atoms with Crippen molar-refractivity contribution in [1.82, 2.24) is 0 Å². The lowest BCUT2D eigenvalue weighted by Gasteiger charge is -2.20. The van der Waals surface area contributed by atoms with Gasteiger partial charge in [-0.05, 0) is 36.4 Å². The normalized spacial score (nSPS) is 11.3. The van der Waals surface area contributed by atoms with E-state index in [4.69, 9.17) is 5.73 Å². The number of anilines is 2. The van der Waals surface area contributed by atoms with Crippen LogP contribution in [0, 0.1) is 11.6 Å². The minimum atomic E-state index is -4.06. The Morgan fingerprint density at radius 3 is 2.35 bits per heavy atom. The molecule has 0 heterocycles. The zero-order valence-electron chi connectivity index (χ0n) is 10.5. The number of nitrogen functional groups attached to an aromatic ring is 1. The van der Waals surface area contributed by atoms with Gasteiger partial charge in [0.1, 0.15) is 16.5 Å². The maximum Gasteiger partial charge on any atom is 0.266 e. The lowest BCUT2D eigenvalue weighted by Crippen LogP contribution is -2.27. The van der Waals surface area contributed by atoms with E-state index >= 15 is 0 Å². The van der Waals surface area contributed by atoms with E-state index in [0.717, 1.165) is 22.5 Å². The van der Waals surface area contributed by atoms with Crippen molar-refractivity contribution in [3.05, 3.63) is 54.1 Å². The van der Waals surface area contributed by atoms with Crippen molar-refractivity contribution in [3.8, 4) is 0 Å². The second kappa shape index (κ2) is 5.09. The highest BCUT2D eigenvalue weighted by Gasteiger charge is 2.24. The number of rotatable bonds is 3. The zero-order valence-corrected chi connectivity index (χ0v) is 11.4. The number of benzene rings is 2. The summed E-state index contributed by atoms with van der Waals surface area (Å²) in [5.41, 5.74) is 5.62. The maximum atomic E-state index is 13.2. The highest BCUT2D eigenvalue weighted by molar-refractivity contribution is 7.93. The molecule has 0 bridgehead atoms. The third kappa shape index (κ3) is 2.57. The summed E-state index contributed by atoms with van der Waals surface area (Å²) in [7, 11) is -2.82. The predicted molar refractivity (Wildman–Crippen MR) is 72.8 cm³/mol. The Morgan fingerprint density at radius 2 is 1.70 bits per heavy atom. The van der Waals surface area contributed by atoms with Crippen LogP contribution in [0.4, 0.5) is 20.2 Å². The van der Waals surface area contributed by atoms with Gasteiger partial charge in [-0.3, -0.25) is 4.31 Å². The minimum Gasteiger partial charge on any atom is -0.398 e. The maximum absolute atomic E-state index is 13.2. The van der Waals surface area contributed by atoms with Crippen LogP contribution in [0.5, 0.6) is 0 Å². The second-order valence-corrected chi connectivity index (χ2v) is 6.07. The lowest BCUT2D eigenvalue weighted by atomic mass is 10.3. The van der Waals surface area contributed by atoms with Crippen LogP contribution in [-0.2, 0) is 10.0 Å². The molecule has 20 heavy (non-hydrogen) atoms. The molecule has 2 aromatic rings. The van der Waals surface area contributed by atoms with Crippen molar-refractivity contribution in [1.29, 1.82) is 0 Å². The van der Waals surface area contributed by atoms with Crippen LogP contribution in [0.3, 0.4) is 0 Å². The van der Waals surface area contributed by atoms with Crippen LogP contribution >= 0.6 is 0 Å². The molecule has 7 heteroatoms. The fourth-order valence-electron chi connectivity index (χ4n) is 1.69. The Morgan fingerprint density at radius 1 is 1.05 bits per heavy atom. The largest absolute Gasteiger partial charge is 0.398 e. The molecule has 0 atom stereocenters. The van der Waals surface area contributed by atoms with E-state index in [2.05, 4.69) is 0 Å². The fourth-order valence-corrected chi connectivity index (χ4v) is 3.00. The van der Waals surface area contributed by atoms with Gasteiger partial charge in [-0.15, -0.1) is 0 Å². The van der Waals surface area contributed by atoms with Gasteiger partial charge in [0.05, 0.1) is 11.4 Å². The van der Waals surface area contributed by atoms with Gasteiger partial charge in [-0.25, -0.2) is 17.2 Å². The average molecular weight is 298 g/mol. The molecule has 2 aromatic carbocycles. The number of nitrogens with zero attached hydrogens (tertiary/aromatic N) is 1. The molecule has 4 nitrogen and oxygen atoms in total. The summed E-state index contributed by atoms with van der Waals surface area (Å²) >= 11 is 0. The van der Waals surface area contributed by atoms with E-state index in [-0.39, 0.29) is 16.3 Å². The number of hydrogen-bond donors (Lipinski definition) is 1. The summed E-state index contributed by atoms with van der Waals surface area (Å²) in [6, 6.07) is 8.13. The quantitative estimate of drug-likeness (QED) is 0.885. The second-order valence-electron chi connectivity index (χ2n) is 4.13. The zero-order chi connectivity index (χ0) is 14.9. The van der Waals surface area contributed by atoms with Crippen molar-refractivity contribution in [2.45, 2.75) is 4.90 Å². The Bertz CT molecular complexity index is 748. The highest BCUT2D eigenvalue weighted by Crippen LogP contribution is 2.26. The molecule has 0 aromatic heterocycles. The summed E-state index contributed by atoms with van der Waals surface area (Å²) < 4.78 is 52.0. The van der Waals surface area contributed by atoms with Crippen LogP contribution in [0.25, 0.3) is 0 Å². The first-order valence-electron chi connectivity index (χ1n) is 5.62. The Balaban J connectivity index is 2.52. The topological polar surface area (TPSA) is 63.4 Å². The molecule has 2 rings (SSSR count). The lowest BCUT2D eigenvalue weighted by molar-refractivity contribution is 0.589. The molecule has 106 valence electrons. The Hall–Kier alpha value is -2.15. The fraction of sp³-hybridized carbons (Fsp3) is 0.0769. The highest BCUT2D eigenvalue weighted by atomic mass is 32.2. The van der Waals surface area contributed by atoms with Crippen molar-refractivity contribution in [3.63, 3.8) is 0 Å².